The topological polar surface area (TPSA) is 49.6 Å². The van der Waals surface area contributed by atoms with E-state index in [1.807, 2.05) is 0 Å². The lowest BCUT2D eigenvalue weighted by Gasteiger charge is -2.40. The van der Waals surface area contributed by atoms with E-state index in [1.54, 1.807) is 0 Å². The molecule has 0 bridgehead atoms. The van der Waals surface area contributed by atoms with Crippen molar-refractivity contribution in [2.24, 2.45) is 17.6 Å². The number of nitrogens with two attached hydrogens (primary N) is 1. The van der Waals surface area contributed by atoms with Crippen LogP contribution < -0.4 is 5.73 Å². The van der Waals surface area contributed by atoms with E-state index in [1.165, 1.54) is 38.5 Å². The van der Waals surface area contributed by atoms with Gasteiger partial charge in [0.1, 0.15) is 0 Å². The van der Waals surface area contributed by atoms with Crippen LogP contribution in [0.3, 0.4) is 0 Å². The molecule has 3 fully saturated rings. The van der Waals surface area contributed by atoms with E-state index >= 15 is 0 Å². The zero-order chi connectivity index (χ0) is 14.7. The molecule has 4 heteroatoms. The average Bonchev–Trinajstić information content (AvgIpc) is 3.09. The maximum Gasteiger partial charge on any atom is 0.225 e. The number of carbonyl (C=O) groups is 1. The SMILES string of the molecule is NCC1CCCC(C(=O)N2CCN(C3CCCC3)CC2)C1. The minimum absolute atomic E-state index is 0.255. The van der Waals surface area contributed by atoms with E-state index in [4.69, 9.17) is 5.73 Å². The van der Waals surface area contributed by atoms with Crippen LogP contribution in [0.15, 0.2) is 0 Å². The Morgan fingerprint density at radius 1 is 0.952 bits per heavy atom. The quantitative estimate of drug-likeness (QED) is 0.864. The van der Waals surface area contributed by atoms with E-state index in [9.17, 15) is 4.79 Å². The molecule has 0 aromatic heterocycles. The highest BCUT2D eigenvalue weighted by Gasteiger charge is 2.33. The third kappa shape index (κ3) is 3.59. The van der Waals surface area contributed by atoms with Gasteiger partial charge in [-0.3, -0.25) is 9.69 Å². The van der Waals surface area contributed by atoms with Crippen LogP contribution in [0.1, 0.15) is 51.4 Å². The van der Waals surface area contributed by atoms with Crippen LogP contribution in [-0.4, -0.2) is 54.5 Å². The van der Waals surface area contributed by atoms with Gasteiger partial charge < -0.3 is 10.6 Å². The van der Waals surface area contributed by atoms with Crippen molar-refractivity contribution in [3.05, 3.63) is 0 Å². The van der Waals surface area contributed by atoms with E-state index < -0.39 is 0 Å². The number of rotatable bonds is 3. The maximum atomic E-state index is 12.7. The van der Waals surface area contributed by atoms with Crippen molar-refractivity contribution in [2.75, 3.05) is 32.7 Å². The summed E-state index contributed by atoms with van der Waals surface area (Å²) in [4.78, 5) is 17.5. The third-order valence-electron chi connectivity index (χ3n) is 5.93. The number of hydrogen-bond acceptors (Lipinski definition) is 3. The molecule has 4 nitrogen and oxygen atoms in total. The van der Waals surface area contributed by atoms with Gasteiger partial charge in [0, 0.05) is 38.1 Å². The lowest BCUT2D eigenvalue weighted by atomic mass is 9.80. The summed E-state index contributed by atoms with van der Waals surface area (Å²) in [6, 6.07) is 0.804. The summed E-state index contributed by atoms with van der Waals surface area (Å²) < 4.78 is 0. The summed E-state index contributed by atoms with van der Waals surface area (Å²) in [6.45, 7) is 4.81. The highest BCUT2D eigenvalue weighted by molar-refractivity contribution is 5.79. The largest absolute Gasteiger partial charge is 0.340 e. The Hall–Kier alpha value is -0.610. The normalized spacial score (nSPS) is 32.5. The Bertz CT molecular complexity index is 346. The number of nitrogens with zero attached hydrogens (tertiary/aromatic N) is 2. The van der Waals surface area contributed by atoms with Crippen molar-refractivity contribution >= 4 is 5.91 Å². The van der Waals surface area contributed by atoms with Gasteiger partial charge in [0.05, 0.1) is 0 Å². The molecule has 3 rings (SSSR count). The highest BCUT2D eigenvalue weighted by atomic mass is 16.2. The molecule has 3 aliphatic rings. The summed E-state index contributed by atoms with van der Waals surface area (Å²) in [5.74, 6) is 1.25. The van der Waals surface area contributed by atoms with Crippen LogP contribution in [0, 0.1) is 11.8 Å². The van der Waals surface area contributed by atoms with E-state index in [0.29, 0.717) is 11.8 Å². The van der Waals surface area contributed by atoms with Gasteiger partial charge in [0.2, 0.25) is 5.91 Å². The first kappa shape index (κ1) is 15.3. The highest BCUT2D eigenvalue weighted by Crippen LogP contribution is 2.30. The lowest BCUT2D eigenvalue weighted by molar-refractivity contribution is -0.139. The monoisotopic (exact) mass is 293 g/mol. The molecule has 1 aliphatic heterocycles. The number of piperazine rings is 1. The van der Waals surface area contributed by atoms with Crippen LogP contribution in [0.25, 0.3) is 0 Å². The smallest absolute Gasteiger partial charge is 0.225 e. The molecule has 1 heterocycles. The zero-order valence-electron chi connectivity index (χ0n) is 13.3. The lowest BCUT2D eigenvalue weighted by Crippen LogP contribution is -2.53. The molecule has 2 saturated carbocycles. The minimum atomic E-state index is 0.255. The molecule has 21 heavy (non-hydrogen) atoms. The van der Waals surface area contributed by atoms with Gasteiger partial charge in [-0.1, -0.05) is 19.3 Å². The average molecular weight is 293 g/mol. The number of carbonyl (C=O) groups excluding carboxylic acids is 1. The first-order chi connectivity index (χ1) is 10.3. The first-order valence-corrected chi connectivity index (χ1v) is 9.01. The fraction of sp³-hybridized carbons (Fsp3) is 0.941. The zero-order valence-corrected chi connectivity index (χ0v) is 13.3. The van der Waals surface area contributed by atoms with Gasteiger partial charge in [-0.25, -0.2) is 0 Å². The van der Waals surface area contributed by atoms with Gasteiger partial charge in [-0.2, -0.15) is 0 Å². The number of amides is 1. The predicted octanol–water partition coefficient (Wildman–Crippen LogP) is 1.84. The second-order valence-corrected chi connectivity index (χ2v) is 7.26. The maximum absolute atomic E-state index is 12.7. The van der Waals surface area contributed by atoms with Crippen molar-refractivity contribution in [2.45, 2.75) is 57.4 Å². The summed E-state index contributed by atoms with van der Waals surface area (Å²) in [5, 5.41) is 0. The fourth-order valence-corrected chi connectivity index (χ4v) is 4.56. The van der Waals surface area contributed by atoms with Gasteiger partial charge in [-0.15, -0.1) is 0 Å². The molecule has 1 amide bonds. The molecule has 2 unspecified atom stereocenters. The predicted molar refractivity (Wildman–Crippen MR) is 84.9 cm³/mol. The Morgan fingerprint density at radius 3 is 2.33 bits per heavy atom. The van der Waals surface area contributed by atoms with Crippen molar-refractivity contribution in [3.63, 3.8) is 0 Å². The van der Waals surface area contributed by atoms with Gasteiger partial charge >= 0.3 is 0 Å². The molecule has 2 atom stereocenters. The molecule has 2 aliphatic carbocycles. The van der Waals surface area contributed by atoms with E-state index in [2.05, 4.69) is 9.80 Å². The van der Waals surface area contributed by atoms with Crippen molar-refractivity contribution < 1.29 is 4.79 Å². The van der Waals surface area contributed by atoms with E-state index in [-0.39, 0.29) is 5.92 Å². The Morgan fingerprint density at radius 2 is 1.67 bits per heavy atom. The second-order valence-electron chi connectivity index (χ2n) is 7.26. The van der Waals surface area contributed by atoms with Gasteiger partial charge in [0.15, 0.2) is 0 Å². The first-order valence-electron chi connectivity index (χ1n) is 9.01. The second kappa shape index (κ2) is 7.10. The van der Waals surface area contributed by atoms with Gasteiger partial charge in [-0.05, 0) is 44.6 Å². The molecule has 0 aromatic carbocycles. The summed E-state index contributed by atoms with van der Waals surface area (Å²) >= 11 is 0. The van der Waals surface area contributed by atoms with Crippen LogP contribution in [0.5, 0.6) is 0 Å². The fourth-order valence-electron chi connectivity index (χ4n) is 4.56. The Labute approximate surface area is 129 Å². The summed E-state index contributed by atoms with van der Waals surface area (Å²) in [5.41, 5.74) is 5.80. The Balaban J connectivity index is 1.48. The van der Waals surface area contributed by atoms with Crippen LogP contribution in [-0.2, 0) is 4.79 Å². The molecular formula is C17H31N3O. The summed E-state index contributed by atoms with van der Waals surface area (Å²) in [6.07, 6.45) is 10.0. The Kier molecular flexibility index (Phi) is 5.17. The molecule has 120 valence electrons. The van der Waals surface area contributed by atoms with Crippen LogP contribution in [0.4, 0.5) is 0 Å². The molecule has 2 N–H and O–H groups in total. The van der Waals surface area contributed by atoms with Crippen LogP contribution >= 0.6 is 0 Å². The van der Waals surface area contributed by atoms with Crippen molar-refractivity contribution in [1.29, 1.82) is 0 Å². The molecule has 0 radical (unpaired) electrons. The molecule has 0 aromatic rings. The third-order valence-corrected chi connectivity index (χ3v) is 5.93. The van der Waals surface area contributed by atoms with Crippen molar-refractivity contribution in [3.8, 4) is 0 Å². The van der Waals surface area contributed by atoms with Crippen molar-refractivity contribution in [1.82, 2.24) is 9.80 Å². The summed E-state index contributed by atoms with van der Waals surface area (Å²) in [7, 11) is 0. The van der Waals surface area contributed by atoms with Gasteiger partial charge in [0.25, 0.3) is 0 Å². The minimum Gasteiger partial charge on any atom is -0.340 e. The standard InChI is InChI=1S/C17H31N3O/c18-13-14-4-3-5-15(12-14)17(21)20-10-8-19(9-11-20)16-6-1-2-7-16/h14-16H,1-13,18H2. The van der Waals surface area contributed by atoms with E-state index in [0.717, 1.165) is 51.6 Å². The van der Waals surface area contributed by atoms with Crippen LogP contribution in [0.2, 0.25) is 0 Å². The number of hydrogen-bond donors (Lipinski definition) is 1. The molecule has 0 spiro atoms. The molecule has 1 saturated heterocycles. The molecular weight excluding hydrogens is 262 g/mol.